The van der Waals surface area contributed by atoms with E-state index in [0.29, 0.717) is 13.0 Å². The molecular formula is C14H23ClN2O. The highest BCUT2D eigenvalue weighted by atomic mass is 35.5. The molecule has 0 fully saturated rings. The molecule has 0 saturated heterocycles. The highest BCUT2D eigenvalue weighted by Gasteiger charge is 2.14. The Bertz CT molecular complexity index is 341. The summed E-state index contributed by atoms with van der Waals surface area (Å²) >= 11 is 0. The van der Waals surface area contributed by atoms with Gasteiger partial charge in [-0.2, -0.15) is 0 Å². The molecule has 0 aliphatic carbocycles. The van der Waals surface area contributed by atoms with E-state index in [-0.39, 0.29) is 24.4 Å². The first kappa shape index (κ1) is 16.9. The maximum Gasteiger partial charge on any atom is 0.224 e. The second kappa shape index (κ2) is 8.95. The third-order valence-electron chi connectivity index (χ3n) is 2.56. The number of carbonyl (C=O) groups excluding carboxylic acids is 1. The van der Waals surface area contributed by atoms with Crippen LogP contribution >= 0.6 is 12.4 Å². The van der Waals surface area contributed by atoms with Crippen LogP contribution in [-0.2, 0) is 11.3 Å². The summed E-state index contributed by atoms with van der Waals surface area (Å²) in [5.41, 5.74) is 6.84. The molecule has 102 valence electrons. The van der Waals surface area contributed by atoms with Gasteiger partial charge < -0.3 is 10.6 Å². The summed E-state index contributed by atoms with van der Waals surface area (Å²) in [5, 5.41) is 0. The molecule has 0 aliphatic heterocycles. The molecule has 0 saturated carbocycles. The largest absolute Gasteiger partial charge is 0.338 e. The molecule has 1 unspecified atom stereocenters. The van der Waals surface area contributed by atoms with Crippen molar-refractivity contribution in [3.63, 3.8) is 0 Å². The molecule has 0 heterocycles. The molecular weight excluding hydrogens is 248 g/mol. The molecule has 0 spiro atoms. The Labute approximate surface area is 116 Å². The molecule has 0 radical (unpaired) electrons. The Morgan fingerprint density at radius 2 is 1.94 bits per heavy atom. The number of nitrogens with two attached hydrogens (primary N) is 1. The molecule has 18 heavy (non-hydrogen) atoms. The van der Waals surface area contributed by atoms with Gasteiger partial charge in [0.15, 0.2) is 0 Å². The van der Waals surface area contributed by atoms with Gasteiger partial charge in [-0.1, -0.05) is 37.3 Å². The van der Waals surface area contributed by atoms with E-state index in [1.807, 2.05) is 42.2 Å². The predicted octanol–water partition coefficient (Wildman–Crippen LogP) is 2.58. The normalized spacial score (nSPS) is 11.5. The van der Waals surface area contributed by atoms with E-state index in [9.17, 15) is 4.79 Å². The zero-order valence-corrected chi connectivity index (χ0v) is 12.0. The highest BCUT2D eigenvalue weighted by Crippen LogP contribution is 2.07. The van der Waals surface area contributed by atoms with Gasteiger partial charge >= 0.3 is 0 Å². The van der Waals surface area contributed by atoms with Gasteiger partial charge in [0, 0.05) is 25.6 Å². The van der Waals surface area contributed by atoms with E-state index in [4.69, 9.17) is 5.73 Å². The zero-order valence-electron chi connectivity index (χ0n) is 11.1. The fourth-order valence-corrected chi connectivity index (χ4v) is 1.77. The van der Waals surface area contributed by atoms with E-state index in [0.717, 1.165) is 13.0 Å². The Kier molecular flexibility index (Phi) is 8.42. The van der Waals surface area contributed by atoms with Crippen LogP contribution in [0.25, 0.3) is 0 Å². The first-order valence-corrected chi connectivity index (χ1v) is 6.20. The van der Waals surface area contributed by atoms with Gasteiger partial charge in [-0.25, -0.2) is 0 Å². The van der Waals surface area contributed by atoms with E-state index in [1.54, 1.807) is 0 Å². The lowest BCUT2D eigenvalue weighted by atomic mass is 10.1. The zero-order chi connectivity index (χ0) is 12.7. The second-order valence-corrected chi connectivity index (χ2v) is 4.48. The number of hydrogen-bond acceptors (Lipinski definition) is 2. The molecule has 0 aromatic heterocycles. The Morgan fingerprint density at radius 3 is 2.44 bits per heavy atom. The van der Waals surface area contributed by atoms with Crippen molar-refractivity contribution in [2.75, 3.05) is 6.54 Å². The van der Waals surface area contributed by atoms with E-state index < -0.39 is 0 Å². The van der Waals surface area contributed by atoms with Crippen LogP contribution in [0.1, 0.15) is 32.3 Å². The molecule has 0 bridgehead atoms. The van der Waals surface area contributed by atoms with Crippen LogP contribution in [-0.4, -0.2) is 23.4 Å². The maximum absolute atomic E-state index is 12.0. The van der Waals surface area contributed by atoms with E-state index in [2.05, 4.69) is 6.92 Å². The second-order valence-electron chi connectivity index (χ2n) is 4.48. The number of amides is 1. The summed E-state index contributed by atoms with van der Waals surface area (Å²) in [7, 11) is 0. The van der Waals surface area contributed by atoms with Gasteiger partial charge in [0.2, 0.25) is 5.91 Å². The summed E-state index contributed by atoms with van der Waals surface area (Å²) in [6, 6.07) is 9.99. The average Bonchev–Trinajstić information content (AvgIpc) is 2.29. The topological polar surface area (TPSA) is 46.3 Å². The average molecular weight is 271 g/mol. The van der Waals surface area contributed by atoms with Crippen molar-refractivity contribution in [2.45, 2.75) is 39.3 Å². The lowest BCUT2D eigenvalue weighted by molar-refractivity contribution is -0.132. The van der Waals surface area contributed by atoms with E-state index in [1.165, 1.54) is 5.56 Å². The Hall–Kier alpha value is -1.06. The smallest absolute Gasteiger partial charge is 0.224 e. The van der Waals surface area contributed by atoms with Crippen LogP contribution in [0.2, 0.25) is 0 Å². The number of rotatable bonds is 6. The third kappa shape index (κ3) is 6.03. The first-order valence-electron chi connectivity index (χ1n) is 6.20. The minimum Gasteiger partial charge on any atom is -0.338 e. The quantitative estimate of drug-likeness (QED) is 0.864. The summed E-state index contributed by atoms with van der Waals surface area (Å²) in [6.07, 6.45) is 1.39. The molecule has 3 nitrogen and oxygen atoms in total. The number of nitrogens with zero attached hydrogens (tertiary/aromatic N) is 1. The fraction of sp³-hybridized carbons (Fsp3) is 0.500. The summed E-state index contributed by atoms with van der Waals surface area (Å²) < 4.78 is 0. The summed E-state index contributed by atoms with van der Waals surface area (Å²) in [6.45, 7) is 5.42. The first-order chi connectivity index (χ1) is 8.13. The minimum absolute atomic E-state index is 0. The third-order valence-corrected chi connectivity index (χ3v) is 2.56. The fourth-order valence-electron chi connectivity index (χ4n) is 1.77. The van der Waals surface area contributed by atoms with Gasteiger partial charge in [-0.05, 0) is 18.9 Å². The van der Waals surface area contributed by atoms with Crippen LogP contribution in [0.5, 0.6) is 0 Å². The predicted molar refractivity (Wildman–Crippen MR) is 77.7 cm³/mol. The van der Waals surface area contributed by atoms with Crippen molar-refractivity contribution >= 4 is 18.3 Å². The maximum atomic E-state index is 12.0. The number of benzene rings is 1. The lowest BCUT2D eigenvalue weighted by Crippen LogP contribution is -2.35. The standard InChI is InChI=1S/C14H22N2O.ClH/c1-3-9-16(14(17)10-12(2)15)11-13-7-5-4-6-8-13;/h4-8,12H,3,9-11,15H2,1-2H3;1H. The minimum atomic E-state index is -0.0716. The van der Waals surface area contributed by atoms with Gasteiger partial charge in [-0.15, -0.1) is 12.4 Å². The summed E-state index contributed by atoms with van der Waals surface area (Å²) in [5.74, 6) is 0.144. The van der Waals surface area contributed by atoms with Crippen LogP contribution in [0.3, 0.4) is 0 Å². The van der Waals surface area contributed by atoms with Crippen molar-refractivity contribution in [1.29, 1.82) is 0 Å². The SMILES string of the molecule is CCCN(Cc1ccccc1)C(=O)CC(C)N.Cl. The Morgan fingerprint density at radius 1 is 1.33 bits per heavy atom. The van der Waals surface area contributed by atoms with Crippen molar-refractivity contribution < 1.29 is 4.79 Å². The monoisotopic (exact) mass is 270 g/mol. The van der Waals surface area contributed by atoms with Gasteiger partial charge in [-0.3, -0.25) is 4.79 Å². The van der Waals surface area contributed by atoms with Gasteiger partial charge in [0.05, 0.1) is 0 Å². The highest BCUT2D eigenvalue weighted by molar-refractivity contribution is 5.85. The molecule has 2 N–H and O–H groups in total. The molecule has 1 atom stereocenters. The van der Waals surface area contributed by atoms with Crippen molar-refractivity contribution in [3.05, 3.63) is 35.9 Å². The number of hydrogen-bond donors (Lipinski definition) is 1. The molecule has 1 aromatic rings. The van der Waals surface area contributed by atoms with Crippen molar-refractivity contribution in [3.8, 4) is 0 Å². The lowest BCUT2D eigenvalue weighted by Gasteiger charge is -2.23. The number of carbonyl (C=O) groups is 1. The van der Waals surface area contributed by atoms with Crippen LogP contribution in [0.15, 0.2) is 30.3 Å². The Balaban J connectivity index is 0.00000289. The van der Waals surface area contributed by atoms with Crippen LogP contribution in [0.4, 0.5) is 0 Å². The molecule has 1 aromatic carbocycles. The molecule has 4 heteroatoms. The van der Waals surface area contributed by atoms with Gasteiger partial charge in [0.25, 0.3) is 0 Å². The number of halogens is 1. The van der Waals surface area contributed by atoms with E-state index >= 15 is 0 Å². The van der Waals surface area contributed by atoms with Crippen LogP contribution < -0.4 is 5.73 Å². The van der Waals surface area contributed by atoms with Crippen molar-refractivity contribution in [1.82, 2.24) is 4.90 Å². The molecule has 1 amide bonds. The summed E-state index contributed by atoms with van der Waals surface area (Å²) in [4.78, 5) is 13.9. The van der Waals surface area contributed by atoms with Gasteiger partial charge in [0.1, 0.15) is 0 Å². The van der Waals surface area contributed by atoms with Crippen molar-refractivity contribution in [2.24, 2.45) is 5.73 Å². The molecule has 1 rings (SSSR count). The van der Waals surface area contributed by atoms with Crippen LogP contribution in [0, 0.1) is 0 Å². The molecule has 0 aliphatic rings.